The molecule has 88 valence electrons. The Balaban J connectivity index is 2.44. The molecule has 3 heteroatoms. The molecular formula is C15H13N3. The summed E-state index contributed by atoms with van der Waals surface area (Å²) in [6, 6.07) is -1.23. The summed E-state index contributed by atoms with van der Waals surface area (Å²) < 4.78 is 59.7. The van der Waals surface area contributed by atoms with Gasteiger partial charge in [-0.25, -0.2) is 4.98 Å². The number of imidazole rings is 2. The summed E-state index contributed by atoms with van der Waals surface area (Å²) in [5, 5.41) is 0. The minimum absolute atomic E-state index is 0.0347. The molecule has 0 saturated carbocycles. The zero-order valence-electron chi connectivity index (χ0n) is 16.8. The molecule has 0 aliphatic heterocycles. The Morgan fingerprint density at radius 1 is 1.06 bits per heavy atom. The summed E-state index contributed by atoms with van der Waals surface area (Å²) in [5.74, 6) is 0.309. The van der Waals surface area contributed by atoms with E-state index in [2.05, 4.69) is 4.98 Å². The first-order valence-electron chi connectivity index (χ1n) is 9.01. The fraction of sp³-hybridized carbons (Fsp3) is 0.133. The van der Waals surface area contributed by atoms with Gasteiger partial charge < -0.3 is 4.57 Å². The minimum Gasteiger partial charge on any atom is -0.313 e. The lowest BCUT2D eigenvalue weighted by Gasteiger charge is -1.97. The maximum atomic E-state index is 8.40. The predicted molar refractivity (Wildman–Crippen MR) is 73.9 cm³/mol. The van der Waals surface area contributed by atoms with Crippen molar-refractivity contribution in [2.75, 3.05) is 0 Å². The number of fused-ring (bicyclic) bond motifs is 5. The van der Waals surface area contributed by atoms with Crippen molar-refractivity contribution < 1.29 is 9.60 Å². The summed E-state index contributed by atoms with van der Waals surface area (Å²) >= 11 is 0. The lowest BCUT2D eigenvalue weighted by molar-refractivity contribution is 0.973. The molecule has 2 aromatic heterocycles. The average Bonchev–Trinajstić information content (AvgIpc) is 3.10. The van der Waals surface area contributed by atoms with Crippen molar-refractivity contribution in [3.05, 3.63) is 47.9 Å². The van der Waals surface area contributed by atoms with Gasteiger partial charge in [0, 0.05) is 7.05 Å². The van der Waals surface area contributed by atoms with Gasteiger partial charge in [0.25, 0.3) is 0 Å². The van der Waals surface area contributed by atoms with E-state index in [1.165, 1.54) is 4.40 Å². The molecule has 0 saturated heterocycles. The van der Waals surface area contributed by atoms with Gasteiger partial charge in [-0.2, -0.15) is 0 Å². The van der Waals surface area contributed by atoms with Crippen molar-refractivity contribution in [3.63, 3.8) is 0 Å². The van der Waals surface area contributed by atoms with E-state index in [0.29, 0.717) is 22.4 Å². The van der Waals surface area contributed by atoms with Crippen LogP contribution in [0, 0.1) is 6.92 Å². The first-order valence-corrected chi connectivity index (χ1v) is 5.51. The molecule has 0 amide bonds. The highest BCUT2D eigenvalue weighted by atomic mass is 15.2. The van der Waals surface area contributed by atoms with Crippen LogP contribution in [0.3, 0.4) is 0 Å². The van der Waals surface area contributed by atoms with E-state index in [0.717, 1.165) is 0 Å². The molecule has 0 fully saturated rings. The molecule has 4 aromatic rings. The molecule has 0 aliphatic carbocycles. The lowest BCUT2D eigenvalue weighted by atomic mass is 10.2. The Morgan fingerprint density at radius 3 is 2.78 bits per heavy atom. The first kappa shape index (κ1) is 5.14. The monoisotopic (exact) mass is 242 g/mol. The number of benzene rings is 2. The van der Waals surface area contributed by atoms with Crippen LogP contribution < -0.4 is 0 Å². The van der Waals surface area contributed by atoms with E-state index >= 15 is 0 Å². The number of para-hydroxylation sites is 2. The molecule has 2 heterocycles. The van der Waals surface area contributed by atoms with Gasteiger partial charge in [0.15, 0.2) is 0 Å². The largest absolute Gasteiger partial charge is 0.313 e. The van der Waals surface area contributed by atoms with Crippen LogP contribution in [0.1, 0.15) is 15.2 Å². The average molecular weight is 242 g/mol. The van der Waals surface area contributed by atoms with Gasteiger partial charge in [-0.1, -0.05) is 18.1 Å². The van der Waals surface area contributed by atoms with Crippen LogP contribution in [0.4, 0.5) is 0 Å². The second-order valence-electron chi connectivity index (χ2n) is 4.20. The molecule has 0 radical (unpaired) electrons. The van der Waals surface area contributed by atoms with Crippen molar-refractivity contribution in [2.24, 2.45) is 7.05 Å². The molecule has 0 bridgehead atoms. The van der Waals surface area contributed by atoms with Gasteiger partial charge in [0.05, 0.1) is 31.7 Å². The van der Waals surface area contributed by atoms with Crippen molar-refractivity contribution >= 4 is 27.8 Å². The van der Waals surface area contributed by atoms with Crippen molar-refractivity contribution in [2.45, 2.75) is 6.92 Å². The summed E-state index contributed by atoms with van der Waals surface area (Å²) in [7, 11) is 1.65. The Morgan fingerprint density at radius 2 is 1.89 bits per heavy atom. The van der Waals surface area contributed by atoms with Gasteiger partial charge in [-0.05, 0) is 36.7 Å². The number of aromatic nitrogens is 3. The summed E-state index contributed by atoms with van der Waals surface area (Å²) in [6.45, 7) is 1.59. The number of nitrogens with zero attached hydrogens (tertiary/aromatic N) is 3. The third-order valence-corrected chi connectivity index (χ3v) is 3.04. The Bertz CT molecular complexity index is 1240. The van der Waals surface area contributed by atoms with Gasteiger partial charge in [0.1, 0.15) is 0 Å². The Hall–Kier alpha value is -2.29. The van der Waals surface area contributed by atoms with E-state index in [1.807, 2.05) is 0 Å². The molecule has 0 atom stereocenters. The number of rotatable bonds is 0. The van der Waals surface area contributed by atoms with Gasteiger partial charge >= 0.3 is 0 Å². The second-order valence-corrected chi connectivity index (χ2v) is 4.20. The summed E-state index contributed by atoms with van der Waals surface area (Å²) in [5.41, 5.74) is 1.31. The molecule has 0 N–H and O–H groups in total. The smallest absolute Gasteiger partial charge is 0.215 e. The third-order valence-electron chi connectivity index (χ3n) is 3.04. The van der Waals surface area contributed by atoms with E-state index in [-0.39, 0.29) is 53.3 Å². The number of aryl methyl sites for hydroxylation is 1. The van der Waals surface area contributed by atoms with Crippen LogP contribution >= 0.6 is 0 Å². The molecule has 0 unspecified atom stereocenters. The van der Waals surface area contributed by atoms with E-state index in [9.17, 15) is 0 Å². The first-order chi connectivity index (χ1) is 11.7. The van der Waals surface area contributed by atoms with Crippen molar-refractivity contribution in [3.8, 4) is 0 Å². The quantitative estimate of drug-likeness (QED) is 0.464. The number of hydrogen-bond acceptors (Lipinski definition) is 1. The van der Waals surface area contributed by atoms with E-state index < -0.39 is 0 Å². The second kappa shape index (κ2) is 3.13. The fourth-order valence-corrected chi connectivity index (χ4v) is 2.21. The topological polar surface area (TPSA) is 22.2 Å². The molecule has 4 rings (SSSR count). The lowest BCUT2D eigenvalue weighted by Crippen LogP contribution is -1.87. The third kappa shape index (κ3) is 1.06. The van der Waals surface area contributed by atoms with Crippen molar-refractivity contribution in [1.82, 2.24) is 14.0 Å². The predicted octanol–water partition coefficient (Wildman–Crippen LogP) is 3.29. The highest BCUT2D eigenvalue weighted by Gasteiger charge is 2.12. The molecule has 3 nitrogen and oxygen atoms in total. The van der Waals surface area contributed by atoms with Crippen LogP contribution in [0.25, 0.3) is 27.8 Å². The van der Waals surface area contributed by atoms with Crippen molar-refractivity contribution in [1.29, 1.82) is 0 Å². The SMILES string of the molecule is [2H]c1c([2H])c([2H])c2c(nc3n(C)c4c([2H])c([2H])c(C)c([2H])c4n23)c1[2H]. The Kier molecular flexibility index (Phi) is 0.895. The molecule has 2 aromatic carbocycles. The van der Waals surface area contributed by atoms with Crippen LogP contribution in [0.15, 0.2) is 42.3 Å². The van der Waals surface area contributed by atoms with Gasteiger partial charge in [-0.15, -0.1) is 0 Å². The number of hydrogen-bond donors (Lipinski definition) is 0. The van der Waals surface area contributed by atoms with Gasteiger partial charge in [0.2, 0.25) is 5.78 Å². The highest BCUT2D eigenvalue weighted by molar-refractivity contribution is 5.90. The van der Waals surface area contributed by atoms with Crippen LogP contribution in [0.2, 0.25) is 0 Å². The molecular weight excluding hydrogens is 222 g/mol. The maximum Gasteiger partial charge on any atom is 0.215 e. The molecule has 0 aliphatic rings. The highest BCUT2D eigenvalue weighted by Crippen LogP contribution is 2.25. The van der Waals surface area contributed by atoms with Crippen LogP contribution in [-0.4, -0.2) is 14.0 Å². The fourth-order valence-electron chi connectivity index (χ4n) is 2.21. The molecule has 18 heavy (non-hydrogen) atoms. The van der Waals surface area contributed by atoms with Crippen LogP contribution in [-0.2, 0) is 7.05 Å². The maximum absolute atomic E-state index is 8.40. The zero-order chi connectivity index (χ0) is 18.4. The van der Waals surface area contributed by atoms with E-state index in [1.54, 1.807) is 18.5 Å². The zero-order valence-corrected chi connectivity index (χ0v) is 9.84. The van der Waals surface area contributed by atoms with Gasteiger partial charge in [-0.3, -0.25) is 4.40 Å². The Labute approximate surface area is 114 Å². The standard InChI is InChI=1S/C15H13N3/c1-10-7-8-13-14(9-10)18-12-6-4-3-5-11(12)16-15(18)17(13)2/h3-9H,1-2H3/i3D,4D,5D,6D,7D,8D,9D. The summed E-state index contributed by atoms with van der Waals surface area (Å²) in [4.78, 5) is 4.34. The van der Waals surface area contributed by atoms with E-state index in [4.69, 9.17) is 9.60 Å². The minimum atomic E-state index is -0.372. The summed E-state index contributed by atoms with van der Waals surface area (Å²) in [6.07, 6.45) is 0. The van der Waals surface area contributed by atoms with Crippen LogP contribution in [0.5, 0.6) is 0 Å². The molecule has 0 spiro atoms. The normalized spacial score (nSPS) is 17.3.